The number of benzene rings is 3. The summed E-state index contributed by atoms with van der Waals surface area (Å²) >= 11 is 0. The number of anilines is 1. The van der Waals surface area contributed by atoms with Crippen LogP contribution in [-0.4, -0.2) is 59.7 Å². The van der Waals surface area contributed by atoms with Crippen molar-refractivity contribution >= 4 is 17.8 Å². The zero-order valence-electron chi connectivity index (χ0n) is 23.6. The predicted octanol–water partition coefficient (Wildman–Crippen LogP) is 5.26. The van der Waals surface area contributed by atoms with Gasteiger partial charge in [-0.3, -0.25) is 19.5 Å². The Labute approximate surface area is 239 Å². The third-order valence-electron chi connectivity index (χ3n) is 7.44. The van der Waals surface area contributed by atoms with E-state index in [9.17, 15) is 9.59 Å². The molecule has 0 radical (unpaired) electrons. The Hall–Kier alpha value is -4.63. The number of carbonyl (C=O) groups is 2. The Kier molecular flexibility index (Phi) is 8.35. The van der Waals surface area contributed by atoms with Crippen molar-refractivity contribution in [3.8, 4) is 28.4 Å². The van der Waals surface area contributed by atoms with Gasteiger partial charge in [0.2, 0.25) is 11.9 Å². The molecule has 1 aliphatic rings. The Morgan fingerprint density at radius 3 is 2.24 bits per heavy atom. The van der Waals surface area contributed by atoms with Gasteiger partial charge in [-0.2, -0.15) is 0 Å². The van der Waals surface area contributed by atoms with Gasteiger partial charge in [0.25, 0.3) is 5.91 Å². The van der Waals surface area contributed by atoms with Crippen LogP contribution in [0.2, 0.25) is 0 Å². The van der Waals surface area contributed by atoms with Crippen LogP contribution in [0.1, 0.15) is 31.4 Å². The van der Waals surface area contributed by atoms with Gasteiger partial charge in [-0.25, -0.2) is 4.98 Å². The second-order valence-electron chi connectivity index (χ2n) is 9.93. The smallest absolute Gasteiger partial charge is 0.257 e. The largest absolute Gasteiger partial charge is 0.493 e. The van der Waals surface area contributed by atoms with Crippen molar-refractivity contribution in [3.63, 3.8) is 0 Å². The maximum Gasteiger partial charge on any atom is 0.257 e. The van der Waals surface area contributed by atoms with Crippen molar-refractivity contribution in [1.29, 1.82) is 0 Å². The first-order chi connectivity index (χ1) is 19.9. The minimum atomic E-state index is -0.915. The average molecular weight is 555 g/mol. The second-order valence-corrected chi connectivity index (χ2v) is 9.93. The minimum Gasteiger partial charge on any atom is -0.493 e. The van der Waals surface area contributed by atoms with Gasteiger partial charge >= 0.3 is 0 Å². The van der Waals surface area contributed by atoms with Gasteiger partial charge in [-0.1, -0.05) is 54.6 Å². The highest BCUT2D eigenvalue weighted by molar-refractivity contribution is 5.98. The highest BCUT2D eigenvalue weighted by atomic mass is 16.5. The van der Waals surface area contributed by atoms with E-state index in [0.717, 1.165) is 16.9 Å². The van der Waals surface area contributed by atoms with Crippen molar-refractivity contribution in [2.45, 2.75) is 38.0 Å². The first kappa shape index (κ1) is 27.9. The number of methoxy groups -OCH3 is 3. The number of para-hydroxylation sites is 1. The molecule has 1 fully saturated rings. The summed E-state index contributed by atoms with van der Waals surface area (Å²) in [7, 11) is 4.57. The highest BCUT2D eigenvalue weighted by Gasteiger charge is 2.42. The molecular weight excluding hydrogens is 520 g/mol. The number of amides is 2. The lowest BCUT2D eigenvalue weighted by Gasteiger charge is -2.31. The molecule has 1 saturated heterocycles. The number of aromatic nitrogens is 2. The minimum absolute atomic E-state index is 0.148. The number of nitrogens with one attached hydrogen (secondary N) is 1. The number of hydrogen-bond acceptors (Lipinski definition) is 6. The predicted molar refractivity (Wildman–Crippen MR) is 156 cm³/mol. The molecule has 0 saturated carbocycles. The number of hydrogen-bond donors (Lipinski definition) is 1. The molecule has 2 amide bonds. The number of carbonyl (C=O) groups excluding carboxylic acids is 2. The first-order valence-corrected chi connectivity index (χ1v) is 13.5. The van der Waals surface area contributed by atoms with Crippen molar-refractivity contribution in [3.05, 3.63) is 90.6 Å². The molecule has 0 aliphatic carbocycles. The molecule has 1 aliphatic heterocycles. The maximum atomic E-state index is 13.9. The molecule has 41 heavy (non-hydrogen) atoms. The SMILES string of the molecule is COc1ccc([C@H](OC)C(=O)N2C(C)CC[C@H]2C(=O)Nc2nc(-c3ccccc3)cn2-c2ccccc2)cc1OC. The zero-order valence-corrected chi connectivity index (χ0v) is 23.6. The van der Waals surface area contributed by atoms with Crippen LogP contribution in [0.3, 0.4) is 0 Å². The van der Waals surface area contributed by atoms with E-state index in [2.05, 4.69) is 5.32 Å². The van der Waals surface area contributed by atoms with E-state index >= 15 is 0 Å². The molecule has 5 rings (SSSR count). The molecular formula is C32H34N4O5. The summed E-state index contributed by atoms with van der Waals surface area (Å²) in [5, 5.41) is 3.02. The Morgan fingerprint density at radius 2 is 1.59 bits per heavy atom. The fourth-order valence-electron chi connectivity index (χ4n) is 5.34. The lowest BCUT2D eigenvalue weighted by molar-refractivity contribution is -0.148. The average Bonchev–Trinajstić information content (AvgIpc) is 3.61. The number of likely N-dealkylation sites (tertiary alicyclic amines) is 1. The normalized spacial score (nSPS) is 17.2. The lowest BCUT2D eigenvalue weighted by Crippen LogP contribution is -2.48. The Balaban J connectivity index is 1.43. The van der Waals surface area contributed by atoms with E-state index in [1.165, 1.54) is 14.2 Å². The number of rotatable bonds is 9. The summed E-state index contributed by atoms with van der Waals surface area (Å²) in [5.74, 6) is 0.836. The third kappa shape index (κ3) is 5.67. The maximum absolute atomic E-state index is 13.9. The van der Waals surface area contributed by atoms with E-state index in [0.29, 0.717) is 35.9 Å². The summed E-state index contributed by atoms with van der Waals surface area (Å²) < 4.78 is 18.3. The topological polar surface area (TPSA) is 94.9 Å². The van der Waals surface area contributed by atoms with Crippen molar-refractivity contribution < 1.29 is 23.8 Å². The van der Waals surface area contributed by atoms with Gasteiger partial charge in [-0.15, -0.1) is 0 Å². The van der Waals surface area contributed by atoms with Gasteiger partial charge in [0, 0.05) is 30.6 Å². The second kappa shape index (κ2) is 12.3. The summed E-state index contributed by atoms with van der Waals surface area (Å²) in [5.41, 5.74) is 3.13. The molecule has 0 spiro atoms. The van der Waals surface area contributed by atoms with Gasteiger partial charge in [0.05, 0.1) is 19.9 Å². The first-order valence-electron chi connectivity index (χ1n) is 13.5. The molecule has 0 bridgehead atoms. The number of imidazole rings is 1. The third-order valence-corrected chi connectivity index (χ3v) is 7.44. The molecule has 1 N–H and O–H groups in total. The van der Waals surface area contributed by atoms with Crippen LogP contribution < -0.4 is 14.8 Å². The van der Waals surface area contributed by atoms with E-state index in [1.54, 1.807) is 30.2 Å². The fraction of sp³-hybridized carbons (Fsp3) is 0.281. The monoisotopic (exact) mass is 554 g/mol. The lowest BCUT2D eigenvalue weighted by atomic mass is 10.1. The highest BCUT2D eigenvalue weighted by Crippen LogP contribution is 2.35. The molecule has 3 aromatic carbocycles. The zero-order chi connectivity index (χ0) is 28.9. The summed E-state index contributed by atoms with van der Waals surface area (Å²) in [4.78, 5) is 34.1. The van der Waals surface area contributed by atoms with Crippen LogP contribution in [0.5, 0.6) is 11.5 Å². The van der Waals surface area contributed by atoms with Crippen molar-refractivity contribution in [1.82, 2.24) is 14.5 Å². The standard InChI is InChI=1S/C32H34N4O5/c1-21-15-17-26(36(21)31(38)29(41-4)23-16-18-27(39-2)28(19-23)40-3)30(37)34-32-33-25(22-11-7-5-8-12-22)20-35(32)24-13-9-6-10-14-24/h5-14,16,18-21,26,29H,15,17H2,1-4H3,(H,33,34,37)/t21?,26-,29-/m0/s1. The summed E-state index contributed by atoms with van der Waals surface area (Å²) in [6.07, 6.45) is 2.20. The Bertz CT molecular complexity index is 1510. The van der Waals surface area contributed by atoms with E-state index < -0.39 is 12.1 Å². The molecule has 1 unspecified atom stereocenters. The van der Waals surface area contributed by atoms with Crippen LogP contribution >= 0.6 is 0 Å². The summed E-state index contributed by atoms with van der Waals surface area (Å²) in [6.45, 7) is 1.95. The molecule has 1 aromatic heterocycles. The van der Waals surface area contributed by atoms with Crippen LogP contribution in [0, 0.1) is 0 Å². The van der Waals surface area contributed by atoms with Crippen LogP contribution in [0.15, 0.2) is 85.1 Å². The van der Waals surface area contributed by atoms with Crippen molar-refractivity contribution in [2.75, 3.05) is 26.6 Å². The van der Waals surface area contributed by atoms with Crippen LogP contribution in [0.25, 0.3) is 16.9 Å². The van der Waals surface area contributed by atoms with Gasteiger partial charge in [-0.05, 0) is 49.6 Å². The van der Waals surface area contributed by atoms with Crippen LogP contribution in [-0.2, 0) is 14.3 Å². The Morgan fingerprint density at radius 1 is 0.902 bits per heavy atom. The molecule has 3 atom stereocenters. The summed E-state index contributed by atoms with van der Waals surface area (Å²) in [6, 6.07) is 23.9. The molecule has 4 aromatic rings. The number of ether oxygens (including phenoxy) is 3. The van der Waals surface area contributed by atoms with Crippen LogP contribution in [0.4, 0.5) is 5.95 Å². The quantitative estimate of drug-likeness (QED) is 0.303. The molecule has 212 valence electrons. The molecule has 9 heteroatoms. The number of nitrogens with zero attached hydrogens (tertiary/aromatic N) is 3. The molecule has 9 nitrogen and oxygen atoms in total. The van der Waals surface area contributed by atoms with Gasteiger partial charge in [0.1, 0.15) is 6.04 Å². The van der Waals surface area contributed by atoms with E-state index in [-0.39, 0.29) is 17.9 Å². The van der Waals surface area contributed by atoms with Crippen molar-refractivity contribution in [2.24, 2.45) is 0 Å². The fourth-order valence-corrected chi connectivity index (χ4v) is 5.34. The van der Waals surface area contributed by atoms with E-state index in [1.807, 2.05) is 78.4 Å². The van der Waals surface area contributed by atoms with E-state index in [4.69, 9.17) is 19.2 Å². The molecule has 2 heterocycles. The van der Waals surface area contributed by atoms with Gasteiger partial charge in [0.15, 0.2) is 17.6 Å². The van der Waals surface area contributed by atoms with Gasteiger partial charge < -0.3 is 19.1 Å².